The third-order valence-electron chi connectivity index (χ3n) is 5.41. The summed E-state index contributed by atoms with van der Waals surface area (Å²) in [6.45, 7) is 0.343. The number of fused-ring (bicyclic) bond motifs is 1. The molecule has 10 heteroatoms. The van der Waals surface area contributed by atoms with Crippen molar-refractivity contribution < 1.29 is 27.1 Å². The maximum Gasteiger partial charge on any atom is 0.419 e. The van der Waals surface area contributed by atoms with Gasteiger partial charge in [-0.25, -0.2) is 9.37 Å². The lowest BCUT2D eigenvalue weighted by Crippen LogP contribution is -2.45. The van der Waals surface area contributed by atoms with Gasteiger partial charge in [-0.05, 0) is 48.1 Å². The van der Waals surface area contributed by atoms with Crippen LogP contribution < -0.4 is 15.5 Å². The van der Waals surface area contributed by atoms with Gasteiger partial charge in [0.15, 0.2) is 5.82 Å². The topological polar surface area (TPSA) is 66.5 Å². The van der Waals surface area contributed by atoms with Gasteiger partial charge >= 0.3 is 6.18 Å². The van der Waals surface area contributed by atoms with Gasteiger partial charge in [0.05, 0.1) is 37.1 Å². The molecule has 6 nitrogen and oxygen atoms in total. The number of anilines is 2. The normalized spacial score (nSPS) is 17.3. The summed E-state index contributed by atoms with van der Waals surface area (Å²) in [6.07, 6.45) is -0.731. The maximum absolute atomic E-state index is 14.0. The lowest BCUT2D eigenvalue weighted by atomic mass is 10.0. The third-order valence-corrected chi connectivity index (χ3v) is 5.41. The highest BCUT2D eigenvalue weighted by molar-refractivity contribution is 6.00. The zero-order valence-electron chi connectivity index (χ0n) is 16.8. The van der Waals surface area contributed by atoms with E-state index in [1.165, 1.54) is 13.2 Å². The molecule has 4 rings (SSSR count). The van der Waals surface area contributed by atoms with Gasteiger partial charge in [0.2, 0.25) is 5.91 Å². The minimum absolute atomic E-state index is 0.0663. The molecule has 166 valence electrons. The molecule has 1 unspecified atom stereocenters. The van der Waals surface area contributed by atoms with Gasteiger partial charge in [-0.15, -0.1) is 0 Å². The van der Waals surface area contributed by atoms with Crippen LogP contribution in [-0.2, 0) is 15.7 Å². The van der Waals surface area contributed by atoms with Crippen molar-refractivity contribution in [1.82, 2.24) is 10.3 Å². The second-order valence-corrected chi connectivity index (χ2v) is 7.77. The van der Waals surface area contributed by atoms with Crippen LogP contribution in [0.1, 0.15) is 41.5 Å². The van der Waals surface area contributed by atoms with Gasteiger partial charge in [0.1, 0.15) is 5.82 Å². The summed E-state index contributed by atoms with van der Waals surface area (Å²) in [7, 11) is 1.44. The molecule has 0 radical (unpaired) electrons. The first-order chi connectivity index (χ1) is 14.8. The van der Waals surface area contributed by atoms with E-state index in [4.69, 9.17) is 4.74 Å². The SMILES string of the molecule is COCC(NCN1CC(=O)Nc2cc(C3CC3)cnc21)c1ccc(C(F)(F)F)c(F)c1. The molecular weight excluding hydrogens is 416 g/mol. The van der Waals surface area contributed by atoms with Crippen molar-refractivity contribution in [1.29, 1.82) is 0 Å². The lowest BCUT2D eigenvalue weighted by molar-refractivity contribution is -0.140. The highest BCUT2D eigenvalue weighted by Crippen LogP contribution is 2.42. The van der Waals surface area contributed by atoms with Crippen molar-refractivity contribution in [3.05, 3.63) is 53.0 Å². The molecule has 31 heavy (non-hydrogen) atoms. The monoisotopic (exact) mass is 438 g/mol. The molecule has 1 aromatic carbocycles. The number of methoxy groups -OCH3 is 1. The van der Waals surface area contributed by atoms with Crippen LogP contribution in [0.4, 0.5) is 29.1 Å². The number of nitrogens with zero attached hydrogens (tertiary/aromatic N) is 2. The number of halogens is 4. The molecule has 2 heterocycles. The standard InChI is InChI=1S/C21H22F4N4O2/c1-31-10-18(13-4-5-15(16(22)6-13)21(23,24)25)27-11-29-9-19(30)28-17-7-14(12-2-3-12)8-26-20(17)29/h4-8,12,18,27H,2-3,9-11H2,1H3,(H,28,30). The van der Waals surface area contributed by atoms with E-state index in [9.17, 15) is 22.4 Å². The number of ether oxygens (including phenoxy) is 1. The molecule has 1 saturated carbocycles. The summed E-state index contributed by atoms with van der Waals surface area (Å²) in [5.74, 6) is -0.437. The molecule has 0 spiro atoms. The number of aromatic nitrogens is 1. The van der Waals surface area contributed by atoms with E-state index in [1.54, 1.807) is 11.1 Å². The van der Waals surface area contributed by atoms with Gasteiger partial charge < -0.3 is 15.0 Å². The fourth-order valence-corrected chi connectivity index (χ4v) is 3.66. The number of nitrogens with one attached hydrogen (secondary N) is 2. The molecule has 1 atom stereocenters. The second-order valence-electron chi connectivity index (χ2n) is 7.77. The first-order valence-corrected chi connectivity index (χ1v) is 9.90. The van der Waals surface area contributed by atoms with Crippen molar-refractivity contribution >= 4 is 17.4 Å². The molecule has 1 aliphatic heterocycles. The van der Waals surface area contributed by atoms with Gasteiger partial charge in [0.25, 0.3) is 0 Å². The van der Waals surface area contributed by atoms with E-state index in [0.717, 1.165) is 30.5 Å². The summed E-state index contributed by atoms with van der Waals surface area (Å²) in [5.41, 5.74) is 0.716. The Kier molecular flexibility index (Phi) is 5.85. The number of alkyl halides is 3. The Bertz CT molecular complexity index is 978. The number of carbonyl (C=O) groups excluding carboxylic acids is 1. The number of pyridine rings is 1. The Balaban J connectivity index is 1.51. The predicted molar refractivity (Wildman–Crippen MR) is 106 cm³/mol. The van der Waals surface area contributed by atoms with E-state index in [2.05, 4.69) is 15.6 Å². The number of benzene rings is 1. The zero-order chi connectivity index (χ0) is 22.2. The van der Waals surface area contributed by atoms with Crippen LogP contribution >= 0.6 is 0 Å². The Morgan fingerprint density at radius 1 is 1.32 bits per heavy atom. The number of hydrogen-bond donors (Lipinski definition) is 2. The minimum Gasteiger partial charge on any atom is -0.383 e. The fourth-order valence-electron chi connectivity index (χ4n) is 3.66. The van der Waals surface area contributed by atoms with E-state index < -0.39 is 23.6 Å². The highest BCUT2D eigenvalue weighted by Gasteiger charge is 2.34. The Morgan fingerprint density at radius 2 is 2.10 bits per heavy atom. The molecule has 2 aromatic rings. The van der Waals surface area contributed by atoms with Crippen molar-refractivity contribution in [3.63, 3.8) is 0 Å². The van der Waals surface area contributed by atoms with E-state index >= 15 is 0 Å². The molecule has 2 aliphatic rings. The molecule has 2 N–H and O–H groups in total. The smallest absolute Gasteiger partial charge is 0.383 e. The quantitative estimate of drug-likeness (QED) is 0.644. The Morgan fingerprint density at radius 3 is 2.74 bits per heavy atom. The Labute approximate surface area is 176 Å². The summed E-state index contributed by atoms with van der Waals surface area (Å²) < 4.78 is 57.7. The van der Waals surface area contributed by atoms with Crippen LogP contribution in [0.3, 0.4) is 0 Å². The number of amides is 1. The van der Waals surface area contributed by atoms with Gasteiger partial charge in [-0.1, -0.05) is 6.07 Å². The van der Waals surface area contributed by atoms with Crippen molar-refractivity contribution in [2.45, 2.75) is 31.0 Å². The number of hydrogen-bond acceptors (Lipinski definition) is 5. The predicted octanol–water partition coefficient (Wildman–Crippen LogP) is 3.81. The molecule has 0 bridgehead atoms. The van der Waals surface area contributed by atoms with Crippen molar-refractivity contribution in [3.8, 4) is 0 Å². The maximum atomic E-state index is 14.0. The summed E-state index contributed by atoms with van der Waals surface area (Å²) in [6, 6.07) is 4.15. The molecule has 1 aliphatic carbocycles. The summed E-state index contributed by atoms with van der Waals surface area (Å²) in [4.78, 5) is 18.4. The molecule has 1 fully saturated rings. The van der Waals surface area contributed by atoms with Gasteiger partial charge in [-0.3, -0.25) is 10.1 Å². The van der Waals surface area contributed by atoms with Gasteiger partial charge in [0, 0.05) is 13.3 Å². The second kappa shape index (κ2) is 8.43. The summed E-state index contributed by atoms with van der Waals surface area (Å²) in [5, 5.41) is 5.97. The Hall–Kier alpha value is -2.72. The average Bonchev–Trinajstić information content (AvgIpc) is 3.54. The van der Waals surface area contributed by atoms with Crippen molar-refractivity contribution in [2.24, 2.45) is 0 Å². The van der Waals surface area contributed by atoms with E-state index in [-0.39, 0.29) is 25.7 Å². The summed E-state index contributed by atoms with van der Waals surface area (Å²) >= 11 is 0. The van der Waals surface area contributed by atoms with Crippen LogP contribution in [0.5, 0.6) is 0 Å². The number of carbonyl (C=O) groups is 1. The number of rotatable bonds is 7. The van der Waals surface area contributed by atoms with E-state index in [1.807, 2.05) is 6.07 Å². The lowest BCUT2D eigenvalue weighted by Gasteiger charge is -2.32. The molecular formula is C21H22F4N4O2. The van der Waals surface area contributed by atoms with Crippen LogP contribution in [-0.4, -0.2) is 37.8 Å². The van der Waals surface area contributed by atoms with Crippen LogP contribution in [0.15, 0.2) is 30.5 Å². The van der Waals surface area contributed by atoms with Crippen LogP contribution in [0.25, 0.3) is 0 Å². The molecule has 1 aromatic heterocycles. The van der Waals surface area contributed by atoms with Gasteiger partial charge in [-0.2, -0.15) is 13.2 Å². The molecule has 0 saturated heterocycles. The van der Waals surface area contributed by atoms with Crippen molar-refractivity contribution in [2.75, 3.05) is 37.1 Å². The average molecular weight is 438 g/mol. The minimum atomic E-state index is -4.76. The van der Waals surface area contributed by atoms with E-state index in [0.29, 0.717) is 23.0 Å². The molecule has 1 amide bonds. The highest BCUT2D eigenvalue weighted by atomic mass is 19.4. The van der Waals surface area contributed by atoms with Crippen LogP contribution in [0, 0.1) is 5.82 Å². The third kappa shape index (κ3) is 4.80. The zero-order valence-corrected chi connectivity index (χ0v) is 16.8. The first kappa shape index (κ1) is 21.5. The van der Waals surface area contributed by atoms with Crippen LogP contribution in [0.2, 0.25) is 0 Å². The first-order valence-electron chi connectivity index (χ1n) is 9.90. The fraction of sp³-hybridized carbons (Fsp3) is 0.429. The largest absolute Gasteiger partial charge is 0.419 e.